The summed E-state index contributed by atoms with van der Waals surface area (Å²) in [5.74, 6) is -0.0267. The SMILES string of the molecule is Cn1cc(-c2cnc(-c3cccc(F)c3)nc2)cc1C(=O)NCCc1ccncc1. The summed E-state index contributed by atoms with van der Waals surface area (Å²) < 4.78 is 15.2. The fourth-order valence-corrected chi connectivity index (χ4v) is 3.16. The van der Waals surface area contributed by atoms with Crippen LogP contribution in [0.5, 0.6) is 0 Å². The summed E-state index contributed by atoms with van der Waals surface area (Å²) in [6, 6.07) is 11.8. The third kappa shape index (κ3) is 4.41. The van der Waals surface area contributed by atoms with Gasteiger partial charge in [0, 0.05) is 61.3 Å². The predicted molar refractivity (Wildman–Crippen MR) is 112 cm³/mol. The molecule has 0 aliphatic heterocycles. The molecule has 0 radical (unpaired) electrons. The summed E-state index contributed by atoms with van der Waals surface area (Å²) in [7, 11) is 1.82. The highest BCUT2D eigenvalue weighted by Crippen LogP contribution is 2.23. The number of hydrogen-bond donors (Lipinski definition) is 1. The zero-order valence-electron chi connectivity index (χ0n) is 16.4. The Labute approximate surface area is 173 Å². The molecule has 7 heteroatoms. The second kappa shape index (κ2) is 8.65. The van der Waals surface area contributed by atoms with E-state index >= 15 is 0 Å². The molecule has 6 nitrogen and oxygen atoms in total. The van der Waals surface area contributed by atoms with Gasteiger partial charge in [0.1, 0.15) is 11.5 Å². The average Bonchev–Trinajstić information content (AvgIpc) is 3.16. The van der Waals surface area contributed by atoms with Gasteiger partial charge in [-0.2, -0.15) is 0 Å². The molecule has 30 heavy (non-hydrogen) atoms. The molecule has 3 aromatic heterocycles. The van der Waals surface area contributed by atoms with Crippen molar-refractivity contribution in [3.05, 3.63) is 90.5 Å². The quantitative estimate of drug-likeness (QED) is 0.535. The maximum Gasteiger partial charge on any atom is 0.267 e. The Morgan fingerprint density at radius 2 is 1.80 bits per heavy atom. The van der Waals surface area contributed by atoms with Crippen molar-refractivity contribution in [2.24, 2.45) is 7.05 Å². The zero-order chi connectivity index (χ0) is 20.9. The van der Waals surface area contributed by atoms with E-state index in [1.807, 2.05) is 31.4 Å². The number of rotatable bonds is 6. The number of benzene rings is 1. The molecule has 0 atom stereocenters. The van der Waals surface area contributed by atoms with Gasteiger partial charge in [0.05, 0.1) is 0 Å². The number of nitrogens with zero attached hydrogens (tertiary/aromatic N) is 4. The predicted octanol–water partition coefficient (Wildman–Crippen LogP) is 3.66. The monoisotopic (exact) mass is 401 g/mol. The molecule has 4 aromatic rings. The van der Waals surface area contributed by atoms with Crippen LogP contribution >= 0.6 is 0 Å². The van der Waals surface area contributed by atoms with Crippen LogP contribution in [0, 0.1) is 5.82 Å². The molecule has 0 spiro atoms. The van der Waals surface area contributed by atoms with Gasteiger partial charge in [-0.3, -0.25) is 9.78 Å². The molecular formula is C23H20FN5O. The molecule has 0 saturated heterocycles. The normalized spacial score (nSPS) is 10.7. The number of nitrogens with one attached hydrogen (secondary N) is 1. The average molecular weight is 401 g/mol. The van der Waals surface area contributed by atoms with Crippen LogP contribution < -0.4 is 5.32 Å². The van der Waals surface area contributed by atoms with E-state index in [0.29, 0.717) is 23.6 Å². The molecule has 0 aliphatic carbocycles. The molecule has 1 aromatic carbocycles. The lowest BCUT2D eigenvalue weighted by Gasteiger charge is -2.05. The summed E-state index contributed by atoms with van der Waals surface area (Å²) in [6.07, 6.45) is 9.42. The van der Waals surface area contributed by atoms with Crippen LogP contribution in [0.25, 0.3) is 22.5 Å². The van der Waals surface area contributed by atoms with E-state index in [9.17, 15) is 9.18 Å². The van der Waals surface area contributed by atoms with Crippen molar-refractivity contribution in [3.63, 3.8) is 0 Å². The number of aromatic nitrogens is 4. The first-order valence-electron chi connectivity index (χ1n) is 9.52. The number of carbonyl (C=O) groups is 1. The first kappa shape index (κ1) is 19.4. The Balaban J connectivity index is 1.44. The van der Waals surface area contributed by atoms with Gasteiger partial charge in [-0.25, -0.2) is 14.4 Å². The summed E-state index contributed by atoms with van der Waals surface area (Å²) in [4.78, 5) is 25.2. The van der Waals surface area contributed by atoms with Crippen molar-refractivity contribution < 1.29 is 9.18 Å². The van der Waals surface area contributed by atoms with Crippen LogP contribution in [0.3, 0.4) is 0 Å². The lowest BCUT2D eigenvalue weighted by atomic mass is 10.1. The Morgan fingerprint density at radius 1 is 1.03 bits per heavy atom. The number of carbonyl (C=O) groups excluding carboxylic acids is 1. The van der Waals surface area contributed by atoms with Crippen LogP contribution in [0.1, 0.15) is 16.1 Å². The fourth-order valence-electron chi connectivity index (χ4n) is 3.16. The van der Waals surface area contributed by atoms with E-state index in [1.54, 1.807) is 41.5 Å². The molecule has 0 aliphatic rings. The third-order valence-electron chi connectivity index (χ3n) is 4.75. The highest BCUT2D eigenvalue weighted by Gasteiger charge is 2.13. The topological polar surface area (TPSA) is 72.7 Å². The first-order chi connectivity index (χ1) is 14.6. The molecule has 4 rings (SSSR count). The number of pyridine rings is 1. The zero-order valence-corrected chi connectivity index (χ0v) is 16.4. The molecule has 0 unspecified atom stereocenters. The van der Waals surface area contributed by atoms with Crippen LogP contribution in [0.15, 0.2) is 73.4 Å². The van der Waals surface area contributed by atoms with E-state index < -0.39 is 0 Å². The van der Waals surface area contributed by atoms with Crippen molar-refractivity contribution in [2.75, 3.05) is 6.54 Å². The second-order valence-electron chi connectivity index (χ2n) is 6.89. The maximum absolute atomic E-state index is 13.4. The summed E-state index contributed by atoms with van der Waals surface area (Å²) in [5, 5.41) is 2.94. The lowest BCUT2D eigenvalue weighted by molar-refractivity contribution is 0.0946. The second-order valence-corrected chi connectivity index (χ2v) is 6.89. The van der Waals surface area contributed by atoms with E-state index in [4.69, 9.17) is 0 Å². The van der Waals surface area contributed by atoms with Gasteiger partial charge >= 0.3 is 0 Å². The smallest absolute Gasteiger partial charge is 0.267 e. The minimum absolute atomic E-state index is 0.143. The van der Waals surface area contributed by atoms with Crippen LogP contribution in [-0.4, -0.2) is 32.0 Å². The van der Waals surface area contributed by atoms with Crippen molar-refractivity contribution in [1.29, 1.82) is 0 Å². The van der Waals surface area contributed by atoms with Crippen molar-refractivity contribution in [3.8, 4) is 22.5 Å². The van der Waals surface area contributed by atoms with E-state index in [1.165, 1.54) is 12.1 Å². The minimum atomic E-state index is -0.331. The number of halogens is 1. The lowest BCUT2D eigenvalue weighted by Crippen LogP contribution is -2.27. The molecule has 3 heterocycles. The Kier molecular flexibility index (Phi) is 5.61. The van der Waals surface area contributed by atoms with Crippen molar-refractivity contribution in [1.82, 2.24) is 24.8 Å². The number of hydrogen-bond acceptors (Lipinski definition) is 4. The third-order valence-corrected chi connectivity index (χ3v) is 4.75. The highest BCUT2D eigenvalue weighted by atomic mass is 19.1. The molecule has 1 amide bonds. The molecule has 0 fully saturated rings. The van der Waals surface area contributed by atoms with E-state index in [0.717, 1.165) is 23.1 Å². The van der Waals surface area contributed by atoms with Crippen molar-refractivity contribution >= 4 is 5.91 Å². The summed E-state index contributed by atoms with van der Waals surface area (Å²) in [5.41, 5.74) is 3.90. The van der Waals surface area contributed by atoms with Gasteiger partial charge in [-0.1, -0.05) is 12.1 Å². The fraction of sp³-hybridized carbons (Fsp3) is 0.130. The van der Waals surface area contributed by atoms with Gasteiger partial charge in [-0.15, -0.1) is 0 Å². The molecule has 1 N–H and O–H groups in total. The Bertz CT molecular complexity index is 1160. The Morgan fingerprint density at radius 3 is 2.53 bits per heavy atom. The van der Waals surface area contributed by atoms with Gasteiger partial charge in [0.2, 0.25) is 0 Å². The highest BCUT2D eigenvalue weighted by molar-refractivity contribution is 5.94. The van der Waals surface area contributed by atoms with Crippen LogP contribution in [0.4, 0.5) is 4.39 Å². The van der Waals surface area contributed by atoms with Gasteiger partial charge in [0.25, 0.3) is 5.91 Å². The van der Waals surface area contributed by atoms with Crippen molar-refractivity contribution in [2.45, 2.75) is 6.42 Å². The summed E-state index contributed by atoms with van der Waals surface area (Å²) in [6.45, 7) is 0.537. The number of aryl methyl sites for hydroxylation is 1. The molecule has 0 bridgehead atoms. The van der Waals surface area contributed by atoms with E-state index in [-0.39, 0.29) is 11.7 Å². The Hall–Kier alpha value is -3.87. The standard InChI is InChI=1S/C23H20FN5O/c1-29-15-18(12-21(29)23(30)26-10-7-16-5-8-25-9-6-16)19-13-27-22(28-14-19)17-3-2-4-20(24)11-17/h2-6,8-9,11-15H,7,10H2,1H3,(H,26,30). The number of amides is 1. The largest absolute Gasteiger partial charge is 0.350 e. The minimum Gasteiger partial charge on any atom is -0.350 e. The maximum atomic E-state index is 13.4. The van der Waals surface area contributed by atoms with E-state index in [2.05, 4.69) is 20.3 Å². The molecule has 0 saturated carbocycles. The first-order valence-corrected chi connectivity index (χ1v) is 9.52. The molecular weight excluding hydrogens is 381 g/mol. The summed E-state index contributed by atoms with van der Waals surface area (Å²) >= 11 is 0. The van der Waals surface area contributed by atoms with Crippen LogP contribution in [0.2, 0.25) is 0 Å². The molecule has 150 valence electrons. The van der Waals surface area contributed by atoms with Gasteiger partial charge in [-0.05, 0) is 42.3 Å². The van der Waals surface area contributed by atoms with Gasteiger partial charge in [0.15, 0.2) is 5.82 Å². The van der Waals surface area contributed by atoms with Crippen LogP contribution in [-0.2, 0) is 13.5 Å². The van der Waals surface area contributed by atoms with Gasteiger partial charge < -0.3 is 9.88 Å².